The molecule has 1 saturated heterocycles. The van der Waals surface area contributed by atoms with Gasteiger partial charge < -0.3 is 14.8 Å². The van der Waals surface area contributed by atoms with Crippen LogP contribution in [-0.2, 0) is 14.3 Å². The Morgan fingerprint density at radius 1 is 1.44 bits per heavy atom. The van der Waals surface area contributed by atoms with E-state index in [1.54, 1.807) is 7.11 Å². The molecule has 0 aromatic heterocycles. The van der Waals surface area contributed by atoms with Crippen LogP contribution in [0.25, 0.3) is 0 Å². The largest absolute Gasteiger partial charge is 0.466 e. The first-order valence-electron chi connectivity index (χ1n) is 6.18. The molecule has 16 heavy (non-hydrogen) atoms. The highest BCUT2D eigenvalue weighted by Crippen LogP contribution is 2.15. The van der Waals surface area contributed by atoms with E-state index in [1.807, 2.05) is 0 Å². The van der Waals surface area contributed by atoms with Crippen LogP contribution in [0, 0.1) is 5.92 Å². The van der Waals surface area contributed by atoms with Gasteiger partial charge in [-0.2, -0.15) is 0 Å². The molecule has 1 fully saturated rings. The third kappa shape index (κ3) is 6.08. The fourth-order valence-electron chi connectivity index (χ4n) is 1.95. The van der Waals surface area contributed by atoms with Gasteiger partial charge in [0.05, 0.1) is 6.61 Å². The van der Waals surface area contributed by atoms with Crippen LogP contribution in [0.4, 0.5) is 0 Å². The van der Waals surface area contributed by atoms with Crippen LogP contribution in [0.5, 0.6) is 0 Å². The Labute approximate surface area is 97.7 Å². The van der Waals surface area contributed by atoms with Gasteiger partial charge in [0, 0.05) is 26.6 Å². The SMILES string of the molecule is COCCCOC(=O)CCC1CCCNC1. The summed E-state index contributed by atoms with van der Waals surface area (Å²) in [5.74, 6) is 0.585. The number of nitrogens with one attached hydrogen (secondary N) is 1. The van der Waals surface area contributed by atoms with Gasteiger partial charge in [-0.15, -0.1) is 0 Å². The summed E-state index contributed by atoms with van der Waals surface area (Å²) in [7, 11) is 1.65. The van der Waals surface area contributed by atoms with E-state index in [0.29, 0.717) is 25.6 Å². The summed E-state index contributed by atoms with van der Waals surface area (Å²) in [5.41, 5.74) is 0. The second kappa shape index (κ2) is 8.53. The van der Waals surface area contributed by atoms with Crippen LogP contribution in [0.2, 0.25) is 0 Å². The minimum atomic E-state index is -0.0679. The lowest BCUT2D eigenvalue weighted by molar-refractivity contribution is -0.144. The van der Waals surface area contributed by atoms with Crippen LogP contribution in [0.15, 0.2) is 0 Å². The normalized spacial score (nSPS) is 20.7. The molecule has 1 heterocycles. The lowest BCUT2D eigenvalue weighted by Crippen LogP contribution is -2.30. The fourth-order valence-corrected chi connectivity index (χ4v) is 1.95. The number of rotatable bonds is 7. The van der Waals surface area contributed by atoms with Crippen LogP contribution in [-0.4, -0.2) is 39.4 Å². The number of methoxy groups -OCH3 is 1. The Hall–Kier alpha value is -0.610. The van der Waals surface area contributed by atoms with Crippen molar-refractivity contribution < 1.29 is 14.3 Å². The first kappa shape index (κ1) is 13.5. The number of ether oxygens (including phenoxy) is 2. The summed E-state index contributed by atoms with van der Waals surface area (Å²) in [6.45, 7) is 3.31. The number of carbonyl (C=O) groups is 1. The Kier molecular flexibility index (Phi) is 7.17. The highest BCUT2D eigenvalue weighted by molar-refractivity contribution is 5.69. The molecule has 0 spiro atoms. The number of esters is 1. The van der Waals surface area contributed by atoms with Crippen molar-refractivity contribution in [3.05, 3.63) is 0 Å². The van der Waals surface area contributed by atoms with Crippen molar-refractivity contribution in [3.8, 4) is 0 Å². The molecule has 1 N–H and O–H groups in total. The summed E-state index contributed by atoms with van der Waals surface area (Å²) in [6.07, 6.45) is 4.76. The lowest BCUT2D eigenvalue weighted by Gasteiger charge is -2.22. The molecule has 1 aliphatic heterocycles. The van der Waals surface area contributed by atoms with Gasteiger partial charge in [-0.1, -0.05) is 0 Å². The smallest absolute Gasteiger partial charge is 0.305 e. The highest BCUT2D eigenvalue weighted by Gasteiger charge is 2.14. The van der Waals surface area contributed by atoms with Gasteiger partial charge in [0.1, 0.15) is 0 Å². The maximum Gasteiger partial charge on any atom is 0.305 e. The molecule has 0 saturated carbocycles. The van der Waals surface area contributed by atoms with Crippen molar-refractivity contribution >= 4 is 5.97 Å². The minimum Gasteiger partial charge on any atom is -0.466 e. The third-order valence-electron chi connectivity index (χ3n) is 2.91. The molecule has 4 heteroatoms. The summed E-state index contributed by atoms with van der Waals surface area (Å²) in [5, 5.41) is 3.35. The van der Waals surface area contributed by atoms with E-state index in [4.69, 9.17) is 9.47 Å². The Morgan fingerprint density at radius 3 is 3.00 bits per heavy atom. The zero-order valence-electron chi connectivity index (χ0n) is 10.2. The number of hydrogen-bond donors (Lipinski definition) is 1. The molecule has 1 aliphatic rings. The van der Waals surface area contributed by atoms with Gasteiger partial charge in [0.2, 0.25) is 0 Å². The molecule has 1 unspecified atom stereocenters. The quantitative estimate of drug-likeness (QED) is 0.529. The summed E-state index contributed by atoms with van der Waals surface area (Å²) < 4.78 is 9.98. The molecule has 0 aromatic rings. The Bertz CT molecular complexity index is 191. The van der Waals surface area contributed by atoms with Gasteiger partial charge in [-0.25, -0.2) is 0 Å². The molecule has 0 bridgehead atoms. The van der Waals surface area contributed by atoms with Crippen LogP contribution in [0.3, 0.4) is 0 Å². The van der Waals surface area contributed by atoms with Gasteiger partial charge in [-0.3, -0.25) is 4.79 Å². The van der Waals surface area contributed by atoms with Crippen LogP contribution >= 0.6 is 0 Å². The fraction of sp³-hybridized carbons (Fsp3) is 0.917. The van der Waals surface area contributed by atoms with E-state index in [9.17, 15) is 4.79 Å². The summed E-state index contributed by atoms with van der Waals surface area (Å²) >= 11 is 0. The van der Waals surface area contributed by atoms with Crippen LogP contribution in [0.1, 0.15) is 32.1 Å². The first-order valence-corrected chi connectivity index (χ1v) is 6.18. The van der Waals surface area contributed by atoms with E-state index in [2.05, 4.69) is 5.32 Å². The van der Waals surface area contributed by atoms with Gasteiger partial charge in [0.15, 0.2) is 0 Å². The third-order valence-corrected chi connectivity index (χ3v) is 2.91. The lowest BCUT2D eigenvalue weighted by atomic mass is 9.95. The predicted molar refractivity (Wildman–Crippen MR) is 62.3 cm³/mol. The summed E-state index contributed by atoms with van der Waals surface area (Å²) in [4.78, 5) is 11.4. The van der Waals surface area contributed by atoms with E-state index < -0.39 is 0 Å². The first-order chi connectivity index (χ1) is 7.83. The maximum absolute atomic E-state index is 11.4. The molecule has 1 atom stereocenters. The molecule has 4 nitrogen and oxygen atoms in total. The van der Waals surface area contributed by atoms with E-state index in [1.165, 1.54) is 12.8 Å². The molecule has 0 aliphatic carbocycles. The Balaban J connectivity index is 1.96. The number of carbonyl (C=O) groups excluding carboxylic acids is 1. The monoisotopic (exact) mass is 229 g/mol. The van der Waals surface area contributed by atoms with Crippen molar-refractivity contribution in [1.29, 1.82) is 0 Å². The van der Waals surface area contributed by atoms with Gasteiger partial charge in [0.25, 0.3) is 0 Å². The minimum absolute atomic E-state index is 0.0679. The molecule has 94 valence electrons. The maximum atomic E-state index is 11.4. The van der Waals surface area contributed by atoms with Gasteiger partial charge in [-0.05, 0) is 38.3 Å². The molecule has 0 amide bonds. The molecule has 0 radical (unpaired) electrons. The van der Waals surface area contributed by atoms with Gasteiger partial charge >= 0.3 is 5.97 Å². The zero-order valence-corrected chi connectivity index (χ0v) is 10.2. The van der Waals surface area contributed by atoms with Crippen molar-refractivity contribution in [2.75, 3.05) is 33.4 Å². The van der Waals surface area contributed by atoms with Crippen molar-refractivity contribution in [2.24, 2.45) is 5.92 Å². The second-order valence-corrected chi connectivity index (χ2v) is 4.32. The molecule has 1 rings (SSSR count). The standard InChI is InChI=1S/C12H23NO3/c1-15-8-3-9-16-12(14)6-5-11-4-2-7-13-10-11/h11,13H,2-10H2,1H3. The highest BCUT2D eigenvalue weighted by atomic mass is 16.5. The van der Waals surface area contributed by atoms with Crippen molar-refractivity contribution in [3.63, 3.8) is 0 Å². The van der Waals surface area contributed by atoms with Crippen LogP contribution < -0.4 is 5.32 Å². The van der Waals surface area contributed by atoms with Crippen molar-refractivity contribution in [1.82, 2.24) is 5.32 Å². The number of hydrogen-bond acceptors (Lipinski definition) is 4. The second-order valence-electron chi connectivity index (χ2n) is 4.32. The molecular formula is C12H23NO3. The molecular weight excluding hydrogens is 206 g/mol. The number of piperidine rings is 1. The summed E-state index contributed by atoms with van der Waals surface area (Å²) in [6, 6.07) is 0. The van der Waals surface area contributed by atoms with E-state index in [0.717, 1.165) is 25.9 Å². The van der Waals surface area contributed by atoms with E-state index in [-0.39, 0.29) is 5.97 Å². The predicted octanol–water partition coefficient (Wildman–Crippen LogP) is 1.35. The topological polar surface area (TPSA) is 47.6 Å². The van der Waals surface area contributed by atoms with Crippen molar-refractivity contribution in [2.45, 2.75) is 32.1 Å². The average Bonchev–Trinajstić information content (AvgIpc) is 2.33. The van der Waals surface area contributed by atoms with E-state index >= 15 is 0 Å². The Morgan fingerprint density at radius 2 is 2.31 bits per heavy atom. The molecule has 0 aromatic carbocycles. The zero-order chi connectivity index (χ0) is 11.6. The average molecular weight is 229 g/mol.